The second kappa shape index (κ2) is 3.47. The van der Waals surface area contributed by atoms with Gasteiger partial charge in [-0.05, 0) is 18.0 Å². The molecule has 0 bridgehead atoms. The van der Waals surface area contributed by atoms with Crippen LogP contribution in [0.15, 0.2) is 5.38 Å². The van der Waals surface area contributed by atoms with Crippen LogP contribution >= 0.6 is 11.5 Å². The Kier molecular flexibility index (Phi) is 2.34. The summed E-state index contributed by atoms with van der Waals surface area (Å²) in [5.74, 6) is 0.203. The molecule has 4 nitrogen and oxygen atoms in total. The highest BCUT2D eigenvalue weighted by atomic mass is 32.1. The highest BCUT2D eigenvalue weighted by Crippen LogP contribution is 2.17. The zero-order chi connectivity index (χ0) is 8.39. The third kappa shape index (κ3) is 1.63. The second-order valence-corrected chi connectivity index (χ2v) is 3.58. The van der Waals surface area contributed by atoms with E-state index in [1.54, 1.807) is 0 Å². The minimum absolute atomic E-state index is 0.203. The van der Waals surface area contributed by atoms with E-state index in [1.165, 1.54) is 11.5 Å². The molecule has 1 N–H and O–H groups in total. The molecule has 1 fully saturated rings. The maximum atomic E-state index is 9.42. The molecule has 5 heteroatoms. The van der Waals surface area contributed by atoms with E-state index >= 15 is 0 Å². The minimum atomic E-state index is -0.327. The fourth-order valence-corrected chi connectivity index (χ4v) is 1.79. The van der Waals surface area contributed by atoms with Crippen molar-refractivity contribution in [3.05, 3.63) is 11.1 Å². The number of aliphatic hydroxyl groups excluding tert-OH is 1. The van der Waals surface area contributed by atoms with Gasteiger partial charge in [-0.1, -0.05) is 4.49 Å². The summed E-state index contributed by atoms with van der Waals surface area (Å²) in [4.78, 5) is 0. The Morgan fingerprint density at radius 3 is 3.17 bits per heavy atom. The fraction of sp³-hybridized carbons (Fsp3) is 0.714. The standard InChI is InChI=1S/C7H10N2O2S/c10-7-3-11-2-5(7)1-6-4-12-9-8-6/h4-5,7,10H,1-3H2/t5-,7-/m1/s1. The van der Waals surface area contributed by atoms with E-state index in [1.807, 2.05) is 5.38 Å². The third-order valence-corrected chi connectivity index (χ3v) is 2.59. The summed E-state index contributed by atoms with van der Waals surface area (Å²) >= 11 is 1.34. The Morgan fingerprint density at radius 1 is 1.67 bits per heavy atom. The van der Waals surface area contributed by atoms with Crippen LogP contribution in [0.2, 0.25) is 0 Å². The van der Waals surface area contributed by atoms with Crippen LogP contribution in [0.5, 0.6) is 0 Å². The lowest BCUT2D eigenvalue weighted by Crippen LogP contribution is -2.19. The summed E-state index contributed by atoms with van der Waals surface area (Å²) in [6.45, 7) is 1.10. The lowest BCUT2D eigenvalue weighted by molar-refractivity contribution is 0.118. The van der Waals surface area contributed by atoms with E-state index in [2.05, 4.69) is 9.59 Å². The average Bonchev–Trinajstić information content (AvgIpc) is 2.65. The first-order chi connectivity index (χ1) is 5.86. The normalized spacial score (nSPS) is 29.4. The van der Waals surface area contributed by atoms with Gasteiger partial charge >= 0.3 is 0 Å². The van der Waals surface area contributed by atoms with Crippen LogP contribution < -0.4 is 0 Å². The predicted molar refractivity (Wildman–Crippen MR) is 43.9 cm³/mol. The van der Waals surface area contributed by atoms with Gasteiger partial charge in [0.05, 0.1) is 25.0 Å². The second-order valence-electron chi connectivity index (χ2n) is 2.97. The molecule has 66 valence electrons. The summed E-state index contributed by atoms with van der Waals surface area (Å²) in [6.07, 6.45) is 0.448. The van der Waals surface area contributed by atoms with Gasteiger partial charge in [-0.3, -0.25) is 0 Å². The molecule has 1 saturated heterocycles. The molecule has 1 aliphatic heterocycles. The SMILES string of the molecule is O[C@@H]1COC[C@H]1Cc1csnn1. The monoisotopic (exact) mass is 186 g/mol. The van der Waals surface area contributed by atoms with Crippen molar-refractivity contribution in [3.8, 4) is 0 Å². The Hall–Kier alpha value is -0.520. The van der Waals surface area contributed by atoms with Crippen LogP contribution in [0.25, 0.3) is 0 Å². The van der Waals surface area contributed by atoms with E-state index in [9.17, 15) is 5.11 Å². The Labute approximate surface area is 74.3 Å². The van der Waals surface area contributed by atoms with Gasteiger partial charge in [0.15, 0.2) is 0 Å². The van der Waals surface area contributed by atoms with Crippen LogP contribution in [-0.4, -0.2) is 34.0 Å². The topological polar surface area (TPSA) is 55.2 Å². The lowest BCUT2D eigenvalue weighted by Gasteiger charge is -2.08. The van der Waals surface area contributed by atoms with Crippen molar-refractivity contribution < 1.29 is 9.84 Å². The zero-order valence-corrected chi connectivity index (χ0v) is 7.33. The van der Waals surface area contributed by atoms with Gasteiger partial charge in [0.1, 0.15) is 0 Å². The molecule has 0 aromatic carbocycles. The Balaban J connectivity index is 1.95. The molecule has 1 aliphatic rings. The first-order valence-electron chi connectivity index (χ1n) is 3.88. The van der Waals surface area contributed by atoms with Crippen molar-refractivity contribution in [1.29, 1.82) is 0 Å². The third-order valence-electron chi connectivity index (χ3n) is 2.04. The number of ether oxygens (including phenoxy) is 1. The Bertz CT molecular complexity index is 240. The summed E-state index contributed by atoms with van der Waals surface area (Å²) in [7, 11) is 0. The molecular formula is C7H10N2O2S. The molecule has 1 aromatic heterocycles. The van der Waals surface area contributed by atoms with Crippen molar-refractivity contribution in [2.45, 2.75) is 12.5 Å². The van der Waals surface area contributed by atoms with Gasteiger partial charge in [0.2, 0.25) is 0 Å². The molecule has 0 amide bonds. The lowest BCUT2D eigenvalue weighted by atomic mass is 10.0. The molecule has 12 heavy (non-hydrogen) atoms. The van der Waals surface area contributed by atoms with E-state index in [4.69, 9.17) is 4.74 Å². The quantitative estimate of drug-likeness (QED) is 0.711. The van der Waals surface area contributed by atoms with E-state index in [0.717, 1.165) is 12.1 Å². The first-order valence-corrected chi connectivity index (χ1v) is 4.71. The van der Waals surface area contributed by atoms with Gasteiger partial charge in [-0.25, -0.2) is 0 Å². The van der Waals surface area contributed by atoms with Crippen molar-refractivity contribution in [1.82, 2.24) is 9.59 Å². The van der Waals surface area contributed by atoms with Crippen molar-refractivity contribution in [3.63, 3.8) is 0 Å². The van der Waals surface area contributed by atoms with E-state index in [0.29, 0.717) is 13.2 Å². The van der Waals surface area contributed by atoms with E-state index < -0.39 is 0 Å². The molecule has 2 atom stereocenters. The van der Waals surface area contributed by atoms with Gasteiger partial charge in [0.25, 0.3) is 0 Å². The van der Waals surface area contributed by atoms with Crippen molar-refractivity contribution >= 4 is 11.5 Å². The van der Waals surface area contributed by atoms with Gasteiger partial charge in [-0.15, -0.1) is 5.10 Å². The van der Waals surface area contributed by atoms with Crippen LogP contribution in [0.4, 0.5) is 0 Å². The predicted octanol–water partition coefficient (Wildman–Crippen LogP) is 0.0879. The molecule has 2 rings (SSSR count). The average molecular weight is 186 g/mol. The minimum Gasteiger partial charge on any atom is -0.390 e. The number of nitrogens with zero attached hydrogens (tertiary/aromatic N) is 2. The summed E-state index contributed by atoms with van der Waals surface area (Å²) in [6, 6.07) is 0. The molecule has 0 saturated carbocycles. The summed E-state index contributed by atoms with van der Waals surface area (Å²) < 4.78 is 8.88. The highest BCUT2D eigenvalue weighted by Gasteiger charge is 2.26. The molecule has 2 heterocycles. The largest absolute Gasteiger partial charge is 0.390 e. The molecule has 0 unspecified atom stereocenters. The Morgan fingerprint density at radius 2 is 2.58 bits per heavy atom. The van der Waals surface area contributed by atoms with Crippen LogP contribution in [0, 0.1) is 5.92 Å². The van der Waals surface area contributed by atoms with Crippen LogP contribution in [0.3, 0.4) is 0 Å². The zero-order valence-electron chi connectivity index (χ0n) is 6.51. The maximum Gasteiger partial charge on any atom is 0.0827 e. The van der Waals surface area contributed by atoms with Crippen molar-refractivity contribution in [2.24, 2.45) is 5.92 Å². The number of aliphatic hydroxyl groups is 1. The van der Waals surface area contributed by atoms with Crippen molar-refractivity contribution in [2.75, 3.05) is 13.2 Å². The number of hydrogen-bond acceptors (Lipinski definition) is 5. The molecule has 0 spiro atoms. The smallest absolute Gasteiger partial charge is 0.0827 e. The number of aromatic nitrogens is 2. The molecule has 0 aliphatic carbocycles. The van der Waals surface area contributed by atoms with E-state index in [-0.39, 0.29) is 12.0 Å². The summed E-state index contributed by atoms with van der Waals surface area (Å²) in [5, 5.41) is 15.2. The first kappa shape index (κ1) is 8.10. The van der Waals surface area contributed by atoms with Gasteiger partial charge in [0, 0.05) is 11.3 Å². The number of hydrogen-bond donors (Lipinski definition) is 1. The van der Waals surface area contributed by atoms with Crippen LogP contribution in [-0.2, 0) is 11.2 Å². The van der Waals surface area contributed by atoms with Crippen LogP contribution in [0.1, 0.15) is 5.69 Å². The molecule has 0 radical (unpaired) electrons. The van der Waals surface area contributed by atoms with Gasteiger partial charge < -0.3 is 9.84 Å². The highest BCUT2D eigenvalue weighted by molar-refractivity contribution is 7.03. The van der Waals surface area contributed by atoms with Gasteiger partial charge in [-0.2, -0.15) is 0 Å². The molecule has 1 aromatic rings. The maximum absolute atomic E-state index is 9.42. The molecular weight excluding hydrogens is 176 g/mol. The number of rotatable bonds is 2. The fourth-order valence-electron chi connectivity index (χ4n) is 1.32. The summed E-state index contributed by atoms with van der Waals surface area (Å²) in [5.41, 5.74) is 0.953.